The Morgan fingerprint density at radius 2 is 1.69 bits per heavy atom. The van der Waals surface area contributed by atoms with E-state index in [2.05, 4.69) is 20.8 Å². The molecule has 0 aromatic carbocycles. The molecule has 3 nitrogen and oxygen atoms in total. The van der Waals surface area contributed by atoms with E-state index in [1.165, 1.54) is 0 Å². The molecule has 0 saturated carbocycles. The lowest BCUT2D eigenvalue weighted by atomic mass is 9.88. The van der Waals surface area contributed by atoms with Crippen molar-refractivity contribution in [2.75, 3.05) is 26.4 Å². The molecule has 80 valence electrons. The standard InChI is InChI=1S/C10H23NO2/c1-5-12-6-7-13-8-9(11)10(2,3)4/h9H,5-8,11H2,1-4H3. The van der Waals surface area contributed by atoms with Gasteiger partial charge in [-0.05, 0) is 12.3 Å². The van der Waals surface area contributed by atoms with Gasteiger partial charge in [-0.2, -0.15) is 0 Å². The van der Waals surface area contributed by atoms with Crippen molar-refractivity contribution in [2.45, 2.75) is 33.7 Å². The van der Waals surface area contributed by atoms with Gasteiger partial charge in [-0.3, -0.25) is 0 Å². The Bertz CT molecular complexity index is 121. The van der Waals surface area contributed by atoms with Gasteiger partial charge in [0.2, 0.25) is 0 Å². The minimum Gasteiger partial charge on any atom is -0.379 e. The Hall–Kier alpha value is -0.120. The first-order chi connectivity index (χ1) is 5.98. The summed E-state index contributed by atoms with van der Waals surface area (Å²) < 4.78 is 10.5. The number of rotatable bonds is 6. The summed E-state index contributed by atoms with van der Waals surface area (Å²) >= 11 is 0. The second kappa shape index (κ2) is 6.35. The zero-order chi connectivity index (χ0) is 10.3. The Labute approximate surface area is 81.6 Å². The maximum Gasteiger partial charge on any atom is 0.0701 e. The molecule has 0 saturated heterocycles. The van der Waals surface area contributed by atoms with E-state index in [-0.39, 0.29) is 11.5 Å². The summed E-state index contributed by atoms with van der Waals surface area (Å²) in [7, 11) is 0. The van der Waals surface area contributed by atoms with Crippen LogP contribution in [-0.4, -0.2) is 32.5 Å². The minimum atomic E-state index is 0.0918. The summed E-state index contributed by atoms with van der Waals surface area (Å²) in [4.78, 5) is 0. The van der Waals surface area contributed by atoms with Crippen LogP contribution in [0.1, 0.15) is 27.7 Å². The highest BCUT2D eigenvalue weighted by Crippen LogP contribution is 2.17. The van der Waals surface area contributed by atoms with Crippen LogP contribution in [0.15, 0.2) is 0 Å². The smallest absolute Gasteiger partial charge is 0.0701 e. The van der Waals surface area contributed by atoms with E-state index in [1.807, 2.05) is 6.92 Å². The molecule has 1 atom stereocenters. The number of hydrogen-bond acceptors (Lipinski definition) is 3. The lowest BCUT2D eigenvalue weighted by Gasteiger charge is -2.26. The molecule has 13 heavy (non-hydrogen) atoms. The molecule has 1 unspecified atom stereocenters. The fourth-order valence-corrected chi connectivity index (χ4v) is 0.722. The van der Waals surface area contributed by atoms with E-state index in [9.17, 15) is 0 Å². The van der Waals surface area contributed by atoms with Crippen LogP contribution in [0.25, 0.3) is 0 Å². The fourth-order valence-electron chi connectivity index (χ4n) is 0.722. The third kappa shape index (κ3) is 6.99. The van der Waals surface area contributed by atoms with Gasteiger partial charge in [0.1, 0.15) is 0 Å². The van der Waals surface area contributed by atoms with Gasteiger partial charge in [-0.1, -0.05) is 20.8 Å². The predicted molar refractivity (Wildman–Crippen MR) is 54.7 cm³/mol. The topological polar surface area (TPSA) is 44.5 Å². The summed E-state index contributed by atoms with van der Waals surface area (Å²) in [6.07, 6.45) is 0. The maximum atomic E-state index is 5.90. The monoisotopic (exact) mass is 189 g/mol. The molecule has 2 N–H and O–H groups in total. The van der Waals surface area contributed by atoms with Crippen molar-refractivity contribution in [2.24, 2.45) is 11.1 Å². The Kier molecular flexibility index (Phi) is 6.29. The van der Waals surface area contributed by atoms with Gasteiger partial charge < -0.3 is 15.2 Å². The highest BCUT2D eigenvalue weighted by molar-refractivity contribution is 4.76. The summed E-state index contributed by atoms with van der Waals surface area (Å²) in [5.74, 6) is 0. The quantitative estimate of drug-likeness (QED) is 0.643. The van der Waals surface area contributed by atoms with Crippen molar-refractivity contribution in [1.82, 2.24) is 0 Å². The van der Waals surface area contributed by atoms with E-state index in [1.54, 1.807) is 0 Å². The van der Waals surface area contributed by atoms with E-state index < -0.39 is 0 Å². The minimum absolute atomic E-state index is 0.0918. The van der Waals surface area contributed by atoms with Crippen LogP contribution in [0.5, 0.6) is 0 Å². The Balaban J connectivity index is 3.32. The van der Waals surface area contributed by atoms with E-state index in [0.717, 1.165) is 6.61 Å². The van der Waals surface area contributed by atoms with Gasteiger partial charge in [0.15, 0.2) is 0 Å². The van der Waals surface area contributed by atoms with Gasteiger partial charge in [0.25, 0.3) is 0 Å². The molecule has 0 aromatic rings. The first-order valence-electron chi connectivity index (χ1n) is 4.89. The number of ether oxygens (including phenoxy) is 2. The molecule has 0 rings (SSSR count). The van der Waals surface area contributed by atoms with Crippen LogP contribution >= 0.6 is 0 Å². The molecule has 0 heterocycles. The average Bonchev–Trinajstić information content (AvgIpc) is 2.02. The first kappa shape index (κ1) is 12.9. The van der Waals surface area contributed by atoms with Crippen LogP contribution in [0.2, 0.25) is 0 Å². The van der Waals surface area contributed by atoms with Gasteiger partial charge in [0.05, 0.1) is 19.8 Å². The molecular formula is C10H23NO2. The van der Waals surface area contributed by atoms with Crippen molar-refractivity contribution in [1.29, 1.82) is 0 Å². The molecule has 0 aliphatic heterocycles. The van der Waals surface area contributed by atoms with Crippen LogP contribution < -0.4 is 5.73 Å². The van der Waals surface area contributed by atoms with Gasteiger partial charge in [-0.25, -0.2) is 0 Å². The Morgan fingerprint density at radius 1 is 1.15 bits per heavy atom. The fraction of sp³-hybridized carbons (Fsp3) is 1.00. The lowest BCUT2D eigenvalue weighted by Crippen LogP contribution is -2.39. The highest BCUT2D eigenvalue weighted by atomic mass is 16.5. The molecule has 0 aliphatic carbocycles. The summed E-state index contributed by atoms with van der Waals surface area (Å²) in [6, 6.07) is 0.0918. The molecule has 0 radical (unpaired) electrons. The Morgan fingerprint density at radius 3 is 2.15 bits per heavy atom. The van der Waals surface area contributed by atoms with Crippen LogP contribution in [-0.2, 0) is 9.47 Å². The van der Waals surface area contributed by atoms with Crippen LogP contribution in [0, 0.1) is 5.41 Å². The third-order valence-electron chi connectivity index (χ3n) is 1.99. The maximum absolute atomic E-state index is 5.90. The summed E-state index contributed by atoms with van der Waals surface area (Å²) in [5, 5.41) is 0. The SMILES string of the molecule is CCOCCOCC(N)C(C)(C)C. The largest absolute Gasteiger partial charge is 0.379 e. The van der Waals surface area contributed by atoms with Crippen molar-refractivity contribution in [3.8, 4) is 0 Å². The average molecular weight is 189 g/mol. The van der Waals surface area contributed by atoms with Crippen molar-refractivity contribution < 1.29 is 9.47 Å². The highest BCUT2D eigenvalue weighted by Gasteiger charge is 2.20. The molecular weight excluding hydrogens is 166 g/mol. The van der Waals surface area contributed by atoms with Gasteiger partial charge in [0, 0.05) is 12.6 Å². The lowest BCUT2D eigenvalue weighted by molar-refractivity contribution is 0.0351. The second-order valence-electron chi connectivity index (χ2n) is 4.24. The molecule has 0 fully saturated rings. The zero-order valence-corrected chi connectivity index (χ0v) is 9.30. The predicted octanol–water partition coefficient (Wildman–Crippen LogP) is 1.41. The molecule has 0 amide bonds. The van der Waals surface area contributed by atoms with Crippen molar-refractivity contribution in [3.63, 3.8) is 0 Å². The van der Waals surface area contributed by atoms with Gasteiger partial charge in [-0.15, -0.1) is 0 Å². The summed E-state index contributed by atoms with van der Waals surface area (Å²) in [6.45, 7) is 11.0. The van der Waals surface area contributed by atoms with Crippen molar-refractivity contribution >= 4 is 0 Å². The van der Waals surface area contributed by atoms with E-state index in [4.69, 9.17) is 15.2 Å². The normalized spacial score (nSPS) is 14.5. The number of hydrogen-bond donors (Lipinski definition) is 1. The number of nitrogens with two attached hydrogens (primary N) is 1. The van der Waals surface area contributed by atoms with Crippen molar-refractivity contribution in [3.05, 3.63) is 0 Å². The first-order valence-corrected chi connectivity index (χ1v) is 4.89. The second-order valence-corrected chi connectivity index (χ2v) is 4.24. The van der Waals surface area contributed by atoms with E-state index >= 15 is 0 Å². The molecule has 0 aromatic heterocycles. The molecule has 0 spiro atoms. The third-order valence-corrected chi connectivity index (χ3v) is 1.99. The molecule has 0 aliphatic rings. The van der Waals surface area contributed by atoms with Crippen LogP contribution in [0.3, 0.4) is 0 Å². The van der Waals surface area contributed by atoms with Crippen LogP contribution in [0.4, 0.5) is 0 Å². The summed E-state index contributed by atoms with van der Waals surface area (Å²) in [5.41, 5.74) is 6.02. The van der Waals surface area contributed by atoms with E-state index in [0.29, 0.717) is 19.8 Å². The molecule has 3 heteroatoms. The zero-order valence-electron chi connectivity index (χ0n) is 9.30. The van der Waals surface area contributed by atoms with Gasteiger partial charge >= 0.3 is 0 Å². The molecule has 0 bridgehead atoms.